The molecule has 0 aromatic heterocycles. The van der Waals surface area contributed by atoms with E-state index in [9.17, 15) is 34.8 Å². The molecule has 0 fully saturated rings. The number of halogens is 4. The molecule has 0 saturated carbocycles. The molecule has 0 bridgehead atoms. The van der Waals surface area contributed by atoms with E-state index in [1.165, 1.54) is 23.9 Å². The van der Waals surface area contributed by atoms with Crippen molar-refractivity contribution in [2.24, 2.45) is 0 Å². The van der Waals surface area contributed by atoms with Gasteiger partial charge in [0, 0.05) is 59.1 Å². The van der Waals surface area contributed by atoms with Crippen molar-refractivity contribution in [3.63, 3.8) is 0 Å². The number of anilines is 2. The molecular weight excluding hydrogens is 819 g/mol. The molecule has 0 aliphatic rings. The van der Waals surface area contributed by atoms with Crippen LogP contribution in [0.25, 0.3) is 11.1 Å². The molecule has 0 radical (unpaired) electrons. The summed E-state index contributed by atoms with van der Waals surface area (Å²) in [5.41, 5.74) is -2.32. The van der Waals surface area contributed by atoms with Gasteiger partial charge in [0.1, 0.15) is 4.90 Å². The van der Waals surface area contributed by atoms with Crippen LogP contribution in [0.4, 0.5) is 24.5 Å². The topological polar surface area (TPSA) is 137 Å². The van der Waals surface area contributed by atoms with Crippen molar-refractivity contribution in [1.82, 2.24) is 14.9 Å². The maximum Gasteiger partial charge on any atom is 0.501 e. The molecule has 57 heavy (non-hydrogen) atoms. The van der Waals surface area contributed by atoms with Gasteiger partial charge in [-0.1, -0.05) is 66.2 Å². The Morgan fingerprint density at radius 1 is 0.825 bits per heavy atom. The maximum atomic E-state index is 13.9. The fraction of sp³-hybridized carbons (Fsp3) is 0.225. The van der Waals surface area contributed by atoms with E-state index in [2.05, 4.69) is 16.0 Å². The highest BCUT2D eigenvalue weighted by Crippen LogP contribution is 2.36. The fourth-order valence-corrected chi connectivity index (χ4v) is 8.81. The molecule has 0 aliphatic heterocycles. The molecule has 5 aromatic carbocycles. The van der Waals surface area contributed by atoms with Crippen LogP contribution in [-0.2, 0) is 26.4 Å². The van der Waals surface area contributed by atoms with Gasteiger partial charge in [-0.25, -0.2) is 21.6 Å². The van der Waals surface area contributed by atoms with E-state index in [0.29, 0.717) is 48.7 Å². The number of sulfonamides is 1. The van der Waals surface area contributed by atoms with E-state index >= 15 is 0 Å². The van der Waals surface area contributed by atoms with Crippen molar-refractivity contribution in [3.05, 3.63) is 137 Å². The van der Waals surface area contributed by atoms with Gasteiger partial charge in [0.15, 0.2) is 0 Å². The molecule has 17 heteroatoms. The number of benzene rings is 5. The normalized spacial score (nSPS) is 12.6. The third-order valence-corrected chi connectivity index (χ3v) is 12.8. The SMILES string of the molecule is CN(C)C[C@H](CSc1ccccc1)Nc1ccc(S(=O)(=O)NC(=O)c2ccc(NCCNCc3ccccc3-c3ccc(Cl)cc3)cc2)cc1S(=O)(=O)C(F)(F)F. The largest absolute Gasteiger partial charge is 0.501 e. The lowest BCUT2D eigenvalue weighted by atomic mass is 10.00. The zero-order valence-corrected chi connectivity index (χ0v) is 34.1. The van der Waals surface area contributed by atoms with Crippen molar-refractivity contribution in [2.75, 3.05) is 50.1 Å². The van der Waals surface area contributed by atoms with Crippen LogP contribution in [0, 0.1) is 0 Å². The molecule has 1 amide bonds. The molecule has 302 valence electrons. The summed E-state index contributed by atoms with van der Waals surface area (Å²) in [6, 6.07) is 32.6. The summed E-state index contributed by atoms with van der Waals surface area (Å²) < 4.78 is 95.8. The van der Waals surface area contributed by atoms with Crippen molar-refractivity contribution >= 4 is 60.5 Å². The van der Waals surface area contributed by atoms with Crippen LogP contribution in [0.15, 0.2) is 136 Å². The standard InChI is InChI=1S/C40H41ClF3N5O5S3/c1-49(2)26-33(27-55-34-9-4-3-5-10-34)47-37-21-20-35(24-38(37)56(51,52)40(42,43)44)57(53,54)48-39(50)29-14-18-32(19-15-29)46-23-22-45-25-30-8-6-7-11-36(30)28-12-16-31(41)17-13-28/h3-21,24,33,45-47H,22-23,25-27H2,1-2H3,(H,48,50)/t33-/m1/s1. The highest BCUT2D eigenvalue weighted by Gasteiger charge is 2.48. The Bertz CT molecular complexity index is 2350. The Kier molecular flexibility index (Phi) is 14.7. The first kappa shape index (κ1) is 43.5. The molecule has 0 unspecified atom stereocenters. The second kappa shape index (κ2) is 19.2. The van der Waals surface area contributed by atoms with Gasteiger partial charge in [-0.2, -0.15) is 13.2 Å². The minimum atomic E-state index is -6.03. The minimum Gasteiger partial charge on any atom is -0.384 e. The molecule has 4 N–H and O–H groups in total. The molecule has 1 atom stereocenters. The highest BCUT2D eigenvalue weighted by atomic mass is 35.5. The predicted molar refractivity (Wildman–Crippen MR) is 221 cm³/mol. The summed E-state index contributed by atoms with van der Waals surface area (Å²) in [5, 5.41) is 10.1. The molecule has 0 aliphatic carbocycles. The number of likely N-dealkylation sites (N-methyl/N-ethyl adjacent to an activating group) is 1. The first-order valence-corrected chi connectivity index (χ1v) is 21.9. The van der Waals surface area contributed by atoms with Gasteiger partial charge >= 0.3 is 5.51 Å². The molecule has 0 spiro atoms. The highest BCUT2D eigenvalue weighted by molar-refractivity contribution is 7.99. The van der Waals surface area contributed by atoms with E-state index < -0.39 is 52.8 Å². The van der Waals surface area contributed by atoms with Gasteiger partial charge < -0.3 is 20.9 Å². The van der Waals surface area contributed by atoms with E-state index in [1.54, 1.807) is 31.1 Å². The Morgan fingerprint density at radius 3 is 2.16 bits per heavy atom. The van der Waals surface area contributed by atoms with Gasteiger partial charge in [0.25, 0.3) is 25.8 Å². The molecule has 5 aromatic rings. The lowest BCUT2D eigenvalue weighted by molar-refractivity contribution is -0.0435. The first-order valence-electron chi connectivity index (χ1n) is 17.5. The average molecular weight is 860 g/mol. The second-order valence-corrected chi connectivity index (χ2v) is 18.2. The summed E-state index contributed by atoms with van der Waals surface area (Å²) in [5.74, 6) is -0.718. The first-order chi connectivity index (χ1) is 27.0. The van der Waals surface area contributed by atoms with Crippen LogP contribution in [0.5, 0.6) is 0 Å². The third kappa shape index (κ3) is 12.0. The van der Waals surface area contributed by atoms with E-state index in [1.807, 2.05) is 83.6 Å². The number of nitrogens with zero attached hydrogens (tertiary/aromatic N) is 1. The summed E-state index contributed by atoms with van der Waals surface area (Å²) in [7, 11) is -7.35. The number of rotatable bonds is 18. The monoisotopic (exact) mass is 859 g/mol. The molecule has 5 rings (SSSR count). The number of nitrogens with one attached hydrogen (secondary N) is 4. The van der Waals surface area contributed by atoms with E-state index in [0.717, 1.165) is 33.7 Å². The summed E-state index contributed by atoms with van der Waals surface area (Å²) in [4.78, 5) is 13.6. The summed E-state index contributed by atoms with van der Waals surface area (Å²) >= 11 is 7.45. The summed E-state index contributed by atoms with van der Waals surface area (Å²) in [6.07, 6.45) is 0. The molecule has 10 nitrogen and oxygen atoms in total. The third-order valence-electron chi connectivity index (χ3n) is 8.49. The Balaban J connectivity index is 1.22. The van der Waals surface area contributed by atoms with Crippen molar-refractivity contribution < 1.29 is 34.8 Å². The average Bonchev–Trinajstić information content (AvgIpc) is 3.17. The number of carbonyl (C=O) groups excluding carboxylic acids is 1. The van der Waals surface area contributed by atoms with Crippen LogP contribution in [0.2, 0.25) is 5.02 Å². The lowest BCUT2D eigenvalue weighted by Gasteiger charge is -2.25. The van der Waals surface area contributed by atoms with E-state index in [-0.39, 0.29) is 5.56 Å². The number of sulfone groups is 1. The molecular formula is C40H41ClF3N5O5S3. The number of thioether (sulfide) groups is 1. The van der Waals surface area contributed by atoms with Crippen LogP contribution < -0.4 is 20.7 Å². The Labute approximate surface area is 340 Å². The van der Waals surface area contributed by atoms with Gasteiger partial charge in [-0.05, 0) is 97.5 Å². The van der Waals surface area contributed by atoms with Crippen LogP contribution in [0.1, 0.15) is 15.9 Å². The van der Waals surface area contributed by atoms with Gasteiger partial charge in [0.2, 0.25) is 0 Å². The number of alkyl halides is 3. The van der Waals surface area contributed by atoms with E-state index in [4.69, 9.17) is 11.6 Å². The molecule has 0 saturated heterocycles. The maximum absolute atomic E-state index is 13.9. The van der Waals surface area contributed by atoms with Gasteiger partial charge in [-0.3, -0.25) is 4.79 Å². The quantitative estimate of drug-likeness (QED) is 0.0512. The number of hydrogen-bond acceptors (Lipinski definition) is 10. The van der Waals surface area contributed by atoms with Crippen LogP contribution in [-0.4, -0.2) is 78.7 Å². The number of carbonyl (C=O) groups is 1. The Morgan fingerprint density at radius 2 is 1.49 bits per heavy atom. The van der Waals surface area contributed by atoms with Gasteiger partial charge in [-0.15, -0.1) is 11.8 Å². The second-order valence-electron chi connectivity index (χ2n) is 13.1. The Hall–Kier alpha value is -4.58. The van der Waals surface area contributed by atoms with Crippen LogP contribution >= 0.6 is 23.4 Å². The zero-order chi connectivity index (χ0) is 41.2. The smallest absolute Gasteiger partial charge is 0.384 e. The lowest BCUT2D eigenvalue weighted by Crippen LogP contribution is -2.35. The van der Waals surface area contributed by atoms with Crippen LogP contribution in [0.3, 0.4) is 0 Å². The predicted octanol–water partition coefficient (Wildman–Crippen LogP) is 7.76. The summed E-state index contributed by atoms with van der Waals surface area (Å²) in [6.45, 7) is 2.05. The van der Waals surface area contributed by atoms with Crippen molar-refractivity contribution in [2.45, 2.75) is 32.8 Å². The van der Waals surface area contributed by atoms with Crippen molar-refractivity contribution in [1.29, 1.82) is 0 Å². The minimum absolute atomic E-state index is 0.0510. The number of hydrogen-bond donors (Lipinski definition) is 4. The van der Waals surface area contributed by atoms with Crippen molar-refractivity contribution in [3.8, 4) is 11.1 Å². The molecule has 0 heterocycles. The van der Waals surface area contributed by atoms with Gasteiger partial charge in [0.05, 0.1) is 10.6 Å². The fourth-order valence-electron chi connectivity index (χ4n) is 5.73. The number of amides is 1. The zero-order valence-electron chi connectivity index (χ0n) is 30.9.